The summed E-state index contributed by atoms with van der Waals surface area (Å²) in [7, 11) is 1.51. The molecule has 16 heavy (non-hydrogen) atoms. The smallest absolute Gasteiger partial charge is 0.228 e. The Hall–Kier alpha value is -0.910. The molecule has 5 heteroatoms. The molecule has 90 valence electrons. The van der Waals surface area contributed by atoms with Gasteiger partial charge in [-0.3, -0.25) is 4.79 Å². The number of nitrogens with one attached hydrogen (secondary N) is 1. The topological polar surface area (TPSA) is 58.6 Å². The number of carbonyl (C=O) groups is 1. The predicted molar refractivity (Wildman–Crippen MR) is 63.6 cm³/mol. The first-order valence-electron chi connectivity index (χ1n) is 5.13. The van der Waals surface area contributed by atoms with Crippen LogP contribution >= 0.6 is 11.3 Å². The molecule has 0 aliphatic carbocycles. The molecule has 2 N–H and O–H groups in total. The monoisotopic (exact) mass is 243 g/mol. The molecule has 2 unspecified atom stereocenters. The zero-order valence-corrected chi connectivity index (χ0v) is 10.3. The molecule has 1 aromatic heterocycles. The van der Waals surface area contributed by atoms with Gasteiger partial charge in [-0.05, 0) is 18.4 Å². The maximum Gasteiger partial charge on any atom is 0.228 e. The van der Waals surface area contributed by atoms with Crippen molar-refractivity contribution in [3.05, 3.63) is 22.4 Å². The molecule has 0 fully saturated rings. The van der Waals surface area contributed by atoms with Gasteiger partial charge in [-0.25, -0.2) is 0 Å². The van der Waals surface area contributed by atoms with Crippen LogP contribution in [0.5, 0.6) is 0 Å². The number of carbonyl (C=O) groups excluding carboxylic acids is 1. The minimum atomic E-state index is -0.649. The second-order valence-electron chi connectivity index (χ2n) is 3.59. The molecule has 1 rings (SSSR count). The molecule has 1 heterocycles. The van der Waals surface area contributed by atoms with Crippen molar-refractivity contribution in [2.24, 2.45) is 0 Å². The minimum absolute atomic E-state index is 0.0717. The van der Waals surface area contributed by atoms with Gasteiger partial charge < -0.3 is 15.2 Å². The quantitative estimate of drug-likeness (QED) is 0.783. The first-order valence-corrected chi connectivity index (χ1v) is 6.01. The van der Waals surface area contributed by atoms with Crippen LogP contribution in [0, 0.1) is 0 Å². The van der Waals surface area contributed by atoms with Crippen molar-refractivity contribution < 1.29 is 14.6 Å². The van der Waals surface area contributed by atoms with Gasteiger partial charge in [-0.15, -0.1) is 11.3 Å². The Bertz CT molecular complexity index is 313. The Labute approximate surface area is 99.2 Å². The van der Waals surface area contributed by atoms with E-state index in [1.807, 2.05) is 24.4 Å². The van der Waals surface area contributed by atoms with Gasteiger partial charge in [-0.2, -0.15) is 0 Å². The molecule has 1 aromatic rings. The van der Waals surface area contributed by atoms with Crippen LogP contribution in [0.1, 0.15) is 17.7 Å². The number of hydrogen-bond donors (Lipinski definition) is 2. The van der Waals surface area contributed by atoms with Crippen LogP contribution in [0.3, 0.4) is 0 Å². The van der Waals surface area contributed by atoms with Crippen LogP contribution < -0.4 is 5.32 Å². The van der Waals surface area contributed by atoms with E-state index in [2.05, 4.69) is 5.32 Å². The highest BCUT2D eigenvalue weighted by molar-refractivity contribution is 7.10. The fourth-order valence-electron chi connectivity index (χ4n) is 1.29. The van der Waals surface area contributed by atoms with Crippen molar-refractivity contribution in [1.29, 1.82) is 0 Å². The fraction of sp³-hybridized carbons (Fsp3) is 0.545. The zero-order chi connectivity index (χ0) is 12.0. The molecule has 0 saturated carbocycles. The number of hydrogen-bond acceptors (Lipinski definition) is 4. The summed E-state index contributed by atoms with van der Waals surface area (Å²) in [6, 6.07) is 3.85. The van der Waals surface area contributed by atoms with Gasteiger partial charge in [0.2, 0.25) is 5.91 Å². The van der Waals surface area contributed by atoms with Crippen LogP contribution in [-0.2, 0) is 9.53 Å². The summed E-state index contributed by atoms with van der Waals surface area (Å²) in [5.41, 5.74) is 0. The minimum Gasteiger partial charge on any atom is -0.389 e. The zero-order valence-electron chi connectivity index (χ0n) is 9.47. The molecule has 2 atom stereocenters. The normalized spacial score (nSPS) is 14.4. The number of aliphatic hydroxyl groups is 1. The molecule has 1 amide bonds. The number of ether oxygens (including phenoxy) is 1. The summed E-state index contributed by atoms with van der Waals surface area (Å²) >= 11 is 1.56. The summed E-state index contributed by atoms with van der Waals surface area (Å²) in [6.07, 6.45) is -0.649. The summed E-state index contributed by atoms with van der Waals surface area (Å²) in [5, 5.41) is 14.0. The first kappa shape index (κ1) is 13.2. The van der Waals surface area contributed by atoms with Gasteiger partial charge in [-0.1, -0.05) is 6.07 Å². The summed E-state index contributed by atoms with van der Waals surface area (Å²) < 4.78 is 4.77. The van der Waals surface area contributed by atoms with Crippen molar-refractivity contribution in [2.45, 2.75) is 18.9 Å². The SMILES string of the molecule is COCC(O)CNC(=O)C(C)c1cccs1. The standard InChI is InChI=1S/C11H17NO3S/c1-8(10-4-3-5-16-10)11(14)12-6-9(13)7-15-2/h3-5,8-9,13H,6-7H2,1-2H3,(H,12,14). The molecule has 0 bridgehead atoms. The van der Waals surface area contributed by atoms with Gasteiger partial charge >= 0.3 is 0 Å². The largest absolute Gasteiger partial charge is 0.389 e. The molecule has 0 saturated heterocycles. The molecule has 0 spiro atoms. The van der Waals surface area contributed by atoms with Gasteiger partial charge in [0.25, 0.3) is 0 Å². The van der Waals surface area contributed by atoms with Crippen LogP contribution in [-0.4, -0.2) is 37.4 Å². The molecule has 0 aromatic carbocycles. The second-order valence-corrected chi connectivity index (χ2v) is 4.57. The van der Waals surface area contributed by atoms with Crippen LogP contribution in [0.25, 0.3) is 0 Å². The average Bonchev–Trinajstić information content (AvgIpc) is 2.78. The highest BCUT2D eigenvalue weighted by Crippen LogP contribution is 2.20. The molecular formula is C11H17NO3S. The van der Waals surface area contributed by atoms with Crippen molar-refractivity contribution in [3.8, 4) is 0 Å². The van der Waals surface area contributed by atoms with E-state index in [1.165, 1.54) is 7.11 Å². The summed E-state index contributed by atoms with van der Waals surface area (Å²) in [6.45, 7) is 2.31. The molecule has 0 radical (unpaired) electrons. The van der Waals surface area contributed by atoms with E-state index in [0.29, 0.717) is 0 Å². The molecule has 4 nitrogen and oxygen atoms in total. The van der Waals surface area contributed by atoms with Gasteiger partial charge in [0.05, 0.1) is 18.6 Å². The van der Waals surface area contributed by atoms with E-state index < -0.39 is 6.10 Å². The number of amides is 1. The van der Waals surface area contributed by atoms with E-state index in [1.54, 1.807) is 11.3 Å². The molecular weight excluding hydrogens is 226 g/mol. The maximum atomic E-state index is 11.7. The number of aliphatic hydroxyl groups excluding tert-OH is 1. The van der Waals surface area contributed by atoms with E-state index in [-0.39, 0.29) is 25.0 Å². The highest BCUT2D eigenvalue weighted by Gasteiger charge is 2.16. The summed E-state index contributed by atoms with van der Waals surface area (Å²) in [5.74, 6) is -0.243. The number of methoxy groups -OCH3 is 1. The van der Waals surface area contributed by atoms with E-state index in [9.17, 15) is 9.90 Å². The highest BCUT2D eigenvalue weighted by atomic mass is 32.1. The van der Waals surface area contributed by atoms with E-state index in [0.717, 1.165) is 4.88 Å². The lowest BCUT2D eigenvalue weighted by atomic mass is 10.1. The third-order valence-electron chi connectivity index (χ3n) is 2.23. The lowest BCUT2D eigenvalue weighted by molar-refractivity contribution is -0.122. The van der Waals surface area contributed by atoms with Crippen LogP contribution in [0.4, 0.5) is 0 Å². The van der Waals surface area contributed by atoms with E-state index in [4.69, 9.17) is 4.74 Å². The average molecular weight is 243 g/mol. The Morgan fingerprint density at radius 2 is 2.44 bits per heavy atom. The molecule has 0 aliphatic heterocycles. The second kappa shape index (κ2) is 6.62. The van der Waals surface area contributed by atoms with Crippen molar-refractivity contribution in [1.82, 2.24) is 5.32 Å². The number of thiophene rings is 1. The van der Waals surface area contributed by atoms with Gasteiger partial charge in [0.1, 0.15) is 0 Å². The van der Waals surface area contributed by atoms with Crippen molar-refractivity contribution in [3.63, 3.8) is 0 Å². The Morgan fingerprint density at radius 3 is 3.00 bits per heavy atom. The Balaban J connectivity index is 2.35. The lowest BCUT2D eigenvalue weighted by Gasteiger charge is -2.13. The first-order chi connectivity index (χ1) is 7.65. The number of rotatable bonds is 6. The third-order valence-corrected chi connectivity index (χ3v) is 3.29. The van der Waals surface area contributed by atoms with E-state index >= 15 is 0 Å². The van der Waals surface area contributed by atoms with Gasteiger partial charge in [0.15, 0.2) is 0 Å². The predicted octanol–water partition coefficient (Wildman–Crippen LogP) is 0.975. The Kier molecular flexibility index (Phi) is 5.45. The third kappa shape index (κ3) is 3.92. The Morgan fingerprint density at radius 1 is 1.69 bits per heavy atom. The van der Waals surface area contributed by atoms with Crippen LogP contribution in [0.2, 0.25) is 0 Å². The van der Waals surface area contributed by atoms with Crippen LogP contribution in [0.15, 0.2) is 17.5 Å². The maximum absolute atomic E-state index is 11.7. The van der Waals surface area contributed by atoms with Crippen molar-refractivity contribution in [2.75, 3.05) is 20.3 Å². The fourth-order valence-corrected chi connectivity index (χ4v) is 2.07. The van der Waals surface area contributed by atoms with Gasteiger partial charge in [0, 0.05) is 18.5 Å². The summed E-state index contributed by atoms with van der Waals surface area (Å²) in [4.78, 5) is 12.7. The lowest BCUT2D eigenvalue weighted by Crippen LogP contribution is -2.36. The van der Waals surface area contributed by atoms with Crippen molar-refractivity contribution >= 4 is 17.2 Å². The molecule has 0 aliphatic rings.